The summed E-state index contributed by atoms with van der Waals surface area (Å²) in [4.78, 5) is 1.84. The lowest BCUT2D eigenvalue weighted by Crippen LogP contribution is -2.26. The predicted molar refractivity (Wildman–Crippen MR) is 56.1 cm³/mol. The van der Waals surface area contributed by atoms with E-state index in [1.807, 2.05) is 11.8 Å². The van der Waals surface area contributed by atoms with E-state index >= 15 is 0 Å². The van der Waals surface area contributed by atoms with Crippen molar-refractivity contribution < 1.29 is 9.50 Å². The van der Waals surface area contributed by atoms with Crippen LogP contribution in [0.25, 0.3) is 0 Å². The van der Waals surface area contributed by atoms with E-state index in [0.717, 1.165) is 0 Å². The highest BCUT2D eigenvalue weighted by molar-refractivity contribution is 5.50. The highest BCUT2D eigenvalue weighted by atomic mass is 19.1. The summed E-state index contributed by atoms with van der Waals surface area (Å²) in [7, 11) is 0. The van der Waals surface area contributed by atoms with Crippen LogP contribution >= 0.6 is 0 Å². The fourth-order valence-corrected chi connectivity index (χ4v) is 1.38. The van der Waals surface area contributed by atoms with Gasteiger partial charge in [0.15, 0.2) is 0 Å². The molecule has 0 aliphatic rings. The molecule has 15 heavy (non-hydrogen) atoms. The van der Waals surface area contributed by atoms with Gasteiger partial charge in [0.1, 0.15) is 11.9 Å². The molecule has 0 aromatic heterocycles. The Morgan fingerprint density at radius 1 is 1.53 bits per heavy atom. The van der Waals surface area contributed by atoms with Crippen LogP contribution in [0.4, 0.5) is 10.1 Å². The summed E-state index contributed by atoms with van der Waals surface area (Å²) >= 11 is 0. The van der Waals surface area contributed by atoms with Crippen molar-refractivity contribution in [2.24, 2.45) is 0 Å². The standard InChI is InChI=1S/C11H13FN2O/c1-2-14(5-6-15)10-4-3-9(8-13)11(12)7-10/h3-4,7,15H,2,5-6H2,1H3. The number of aliphatic hydroxyl groups is 1. The Morgan fingerprint density at radius 2 is 2.27 bits per heavy atom. The van der Waals surface area contributed by atoms with E-state index in [-0.39, 0.29) is 12.2 Å². The minimum absolute atomic E-state index is 0.0233. The lowest BCUT2D eigenvalue weighted by molar-refractivity contribution is 0.302. The van der Waals surface area contributed by atoms with Crippen LogP contribution in [0.3, 0.4) is 0 Å². The van der Waals surface area contributed by atoms with E-state index in [4.69, 9.17) is 10.4 Å². The number of benzene rings is 1. The van der Waals surface area contributed by atoms with Gasteiger partial charge in [-0.2, -0.15) is 5.26 Å². The van der Waals surface area contributed by atoms with Crippen molar-refractivity contribution in [2.75, 3.05) is 24.6 Å². The molecule has 1 aromatic carbocycles. The number of hydrogen-bond donors (Lipinski definition) is 1. The maximum absolute atomic E-state index is 13.3. The first-order valence-electron chi connectivity index (χ1n) is 4.78. The molecule has 0 aliphatic carbocycles. The zero-order valence-electron chi connectivity index (χ0n) is 8.57. The number of anilines is 1. The zero-order chi connectivity index (χ0) is 11.3. The lowest BCUT2D eigenvalue weighted by Gasteiger charge is -2.21. The van der Waals surface area contributed by atoms with Gasteiger partial charge in [0.25, 0.3) is 0 Å². The molecule has 0 aliphatic heterocycles. The Bertz CT molecular complexity index is 373. The monoisotopic (exact) mass is 208 g/mol. The Morgan fingerprint density at radius 3 is 2.73 bits per heavy atom. The highest BCUT2D eigenvalue weighted by Gasteiger charge is 2.07. The van der Waals surface area contributed by atoms with Crippen molar-refractivity contribution in [3.8, 4) is 6.07 Å². The van der Waals surface area contributed by atoms with Crippen LogP contribution in [0.15, 0.2) is 18.2 Å². The second-order valence-electron chi connectivity index (χ2n) is 3.08. The van der Waals surface area contributed by atoms with Gasteiger partial charge in [0.05, 0.1) is 12.2 Å². The SMILES string of the molecule is CCN(CCO)c1ccc(C#N)c(F)c1. The molecular weight excluding hydrogens is 195 g/mol. The van der Waals surface area contributed by atoms with E-state index in [1.54, 1.807) is 12.1 Å². The predicted octanol–water partition coefficient (Wildman–Crippen LogP) is 1.52. The molecule has 1 aromatic rings. The first kappa shape index (κ1) is 11.5. The third kappa shape index (κ3) is 2.67. The number of likely N-dealkylation sites (N-methyl/N-ethyl adjacent to an activating group) is 1. The Kier molecular flexibility index (Phi) is 4.07. The summed E-state index contributed by atoms with van der Waals surface area (Å²) in [6.45, 7) is 3.09. The summed E-state index contributed by atoms with van der Waals surface area (Å²) < 4.78 is 13.3. The van der Waals surface area contributed by atoms with Crippen molar-refractivity contribution in [1.82, 2.24) is 0 Å². The van der Waals surface area contributed by atoms with E-state index in [0.29, 0.717) is 18.8 Å². The largest absolute Gasteiger partial charge is 0.395 e. The number of aliphatic hydroxyl groups excluding tert-OH is 1. The maximum Gasteiger partial charge on any atom is 0.143 e. The van der Waals surface area contributed by atoms with Crippen LogP contribution in [-0.4, -0.2) is 24.8 Å². The molecule has 0 saturated carbocycles. The molecule has 0 bridgehead atoms. The molecule has 3 nitrogen and oxygen atoms in total. The number of hydrogen-bond acceptors (Lipinski definition) is 3. The normalized spacial score (nSPS) is 9.73. The Balaban J connectivity index is 2.95. The van der Waals surface area contributed by atoms with Crippen molar-refractivity contribution >= 4 is 5.69 Å². The molecule has 0 amide bonds. The quantitative estimate of drug-likeness (QED) is 0.816. The molecule has 1 rings (SSSR count). The van der Waals surface area contributed by atoms with Crippen LogP contribution in [-0.2, 0) is 0 Å². The van der Waals surface area contributed by atoms with Gasteiger partial charge in [-0.1, -0.05) is 0 Å². The molecule has 0 radical (unpaired) electrons. The van der Waals surface area contributed by atoms with Crippen LogP contribution in [0.1, 0.15) is 12.5 Å². The van der Waals surface area contributed by atoms with Crippen LogP contribution in [0.2, 0.25) is 0 Å². The number of halogens is 1. The van der Waals surface area contributed by atoms with Gasteiger partial charge in [-0.15, -0.1) is 0 Å². The minimum Gasteiger partial charge on any atom is -0.395 e. The van der Waals surface area contributed by atoms with E-state index < -0.39 is 5.82 Å². The fraction of sp³-hybridized carbons (Fsp3) is 0.364. The van der Waals surface area contributed by atoms with Crippen molar-refractivity contribution in [3.63, 3.8) is 0 Å². The van der Waals surface area contributed by atoms with Gasteiger partial charge in [-0.25, -0.2) is 4.39 Å². The topological polar surface area (TPSA) is 47.3 Å². The van der Waals surface area contributed by atoms with Crippen molar-refractivity contribution in [3.05, 3.63) is 29.6 Å². The lowest BCUT2D eigenvalue weighted by atomic mass is 10.2. The second-order valence-corrected chi connectivity index (χ2v) is 3.08. The molecule has 4 heteroatoms. The molecule has 0 unspecified atom stereocenters. The maximum atomic E-state index is 13.3. The van der Waals surface area contributed by atoms with Gasteiger partial charge in [0.2, 0.25) is 0 Å². The summed E-state index contributed by atoms with van der Waals surface area (Å²) in [6, 6.07) is 6.22. The number of nitriles is 1. The molecule has 0 fully saturated rings. The first-order chi connectivity index (χ1) is 7.22. The molecular formula is C11H13FN2O. The van der Waals surface area contributed by atoms with Crippen LogP contribution in [0, 0.1) is 17.1 Å². The highest BCUT2D eigenvalue weighted by Crippen LogP contribution is 2.17. The van der Waals surface area contributed by atoms with Gasteiger partial charge >= 0.3 is 0 Å². The average Bonchev–Trinajstić information content (AvgIpc) is 2.25. The average molecular weight is 208 g/mol. The van der Waals surface area contributed by atoms with Crippen molar-refractivity contribution in [1.29, 1.82) is 5.26 Å². The third-order valence-corrected chi connectivity index (χ3v) is 2.19. The summed E-state index contributed by atoms with van der Waals surface area (Å²) in [5, 5.41) is 17.4. The summed E-state index contributed by atoms with van der Waals surface area (Å²) in [6.07, 6.45) is 0. The first-order valence-corrected chi connectivity index (χ1v) is 4.78. The van der Waals surface area contributed by atoms with Crippen LogP contribution in [0.5, 0.6) is 0 Å². The molecule has 1 N–H and O–H groups in total. The smallest absolute Gasteiger partial charge is 0.143 e. The van der Waals surface area contributed by atoms with Gasteiger partial charge in [-0.05, 0) is 25.1 Å². The molecule has 80 valence electrons. The van der Waals surface area contributed by atoms with Gasteiger partial charge in [0, 0.05) is 18.8 Å². The minimum atomic E-state index is -0.522. The molecule has 0 heterocycles. The van der Waals surface area contributed by atoms with E-state index in [9.17, 15) is 4.39 Å². The molecule has 0 atom stereocenters. The summed E-state index contributed by atoms with van der Waals surface area (Å²) in [5.74, 6) is -0.522. The third-order valence-electron chi connectivity index (χ3n) is 2.19. The van der Waals surface area contributed by atoms with E-state index in [1.165, 1.54) is 12.1 Å². The Labute approximate surface area is 88.4 Å². The zero-order valence-corrected chi connectivity index (χ0v) is 8.57. The molecule has 0 spiro atoms. The van der Waals surface area contributed by atoms with Crippen molar-refractivity contribution in [2.45, 2.75) is 6.92 Å². The second kappa shape index (κ2) is 5.32. The Hall–Kier alpha value is -1.60. The molecule has 0 saturated heterocycles. The van der Waals surface area contributed by atoms with E-state index in [2.05, 4.69) is 0 Å². The fourth-order valence-electron chi connectivity index (χ4n) is 1.38. The number of nitrogens with zero attached hydrogens (tertiary/aromatic N) is 2. The number of rotatable bonds is 4. The summed E-state index contributed by atoms with van der Waals surface area (Å²) in [5.41, 5.74) is 0.724. The van der Waals surface area contributed by atoms with Gasteiger partial charge < -0.3 is 10.0 Å². The van der Waals surface area contributed by atoms with Crippen LogP contribution < -0.4 is 4.90 Å². The van der Waals surface area contributed by atoms with Gasteiger partial charge in [-0.3, -0.25) is 0 Å².